The molecule has 0 aromatic carbocycles. The summed E-state index contributed by atoms with van der Waals surface area (Å²) in [6.07, 6.45) is 3.30. The van der Waals surface area contributed by atoms with E-state index in [1.54, 1.807) is 0 Å². The third-order valence-corrected chi connectivity index (χ3v) is 2.19. The summed E-state index contributed by atoms with van der Waals surface area (Å²) in [7, 11) is 0. The van der Waals surface area contributed by atoms with E-state index in [1.807, 2.05) is 0 Å². The fraction of sp³-hybridized carbons (Fsp3) is 1.00. The zero-order valence-electron chi connectivity index (χ0n) is 6.48. The van der Waals surface area contributed by atoms with Crippen LogP contribution in [0.25, 0.3) is 0 Å². The van der Waals surface area contributed by atoms with Crippen LogP contribution in [0.2, 0.25) is 0 Å². The Labute approximate surface area is 66.0 Å². The molecule has 4 nitrogen and oxygen atoms in total. The van der Waals surface area contributed by atoms with Crippen LogP contribution in [0, 0.1) is 0 Å². The first-order valence-electron chi connectivity index (χ1n) is 4.05. The topological polar surface area (TPSA) is 63.9 Å². The van der Waals surface area contributed by atoms with Crippen molar-refractivity contribution in [2.24, 2.45) is 0 Å². The van der Waals surface area contributed by atoms with Gasteiger partial charge in [-0.1, -0.05) is 19.3 Å². The smallest absolute Gasteiger partial charge is 0.235 e. The Morgan fingerprint density at radius 3 is 2.09 bits per heavy atom. The molecule has 1 rings (SSSR count). The Morgan fingerprint density at radius 2 is 1.64 bits per heavy atom. The number of nitrogens with zero attached hydrogens (tertiary/aromatic N) is 1. The number of hydrogen-bond acceptors (Lipinski definition) is 4. The summed E-state index contributed by atoms with van der Waals surface area (Å²) in [4.78, 5) is 0. The van der Waals surface area contributed by atoms with Gasteiger partial charge >= 0.3 is 0 Å². The van der Waals surface area contributed by atoms with Gasteiger partial charge in [0, 0.05) is 6.04 Å². The second-order valence-corrected chi connectivity index (χ2v) is 3.02. The lowest BCUT2D eigenvalue weighted by Gasteiger charge is -2.29. The third-order valence-electron chi connectivity index (χ3n) is 2.19. The monoisotopic (exact) mass is 161 g/mol. The Morgan fingerprint density at radius 1 is 1.09 bits per heavy atom. The van der Waals surface area contributed by atoms with Gasteiger partial charge in [0.2, 0.25) is 6.41 Å². The van der Waals surface area contributed by atoms with Crippen LogP contribution < -0.4 is 0 Å². The van der Waals surface area contributed by atoms with Gasteiger partial charge in [-0.25, -0.2) is 0 Å². The van der Waals surface area contributed by atoms with Crippen molar-refractivity contribution in [3.05, 3.63) is 0 Å². The van der Waals surface area contributed by atoms with Gasteiger partial charge in [0.05, 0.1) is 0 Å². The van der Waals surface area contributed by atoms with E-state index in [0.717, 1.165) is 25.7 Å². The SMILES string of the molecule is OC(O)N(O)C1CCCCC1. The first-order chi connectivity index (χ1) is 5.22. The van der Waals surface area contributed by atoms with E-state index >= 15 is 0 Å². The van der Waals surface area contributed by atoms with Gasteiger partial charge < -0.3 is 15.4 Å². The first-order valence-corrected chi connectivity index (χ1v) is 4.05. The maximum Gasteiger partial charge on any atom is 0.235 e. The minimum atomic E-state index is -1.72. The average Bonchev–Trinajstić information content (AvgIpc) is 2.05. The van der Waals surface area contributed by atoms with Gasteiger partial charge in [-0.15, -0.1) is 5.06 Å². The molecule has 0 aromatic rings. The summed E-state index contributed by atoms with van der Waals surface area (Å²) in [5.41, 5.74) is 0. The van der Waals surface area contributed by atoms with E-state index in [-0.39, 0.29) is 6.04 Å². The number of hydroxylamine groups is 2. The standard InChI is InChI=1S/C7H15NO3/c9-7(10)8(11)6-4-2-1-3-5-6/h6-7,9-11H,1-5H2. The highest BCUT2D eigenvalue weighted by molar-refractivity contribution is 4.69. The predicted octanol–water partition coefficient (Wildman–Crippen LogP) is 0.278. The number of rotatable bonds is 2. The van der Waals surface area contributed by atoms with Crippen LogP contribution >= 0.6 is 0 Å². The Hall–Kier alpha value is -0.160. The highest BCUT2D eigenvalue weighted by Gasteiger charge is 2.23. The van der Waals surface area contributed by atoms with Crippen molar-refractivity contribution in [1.29, 1.82) is 0 Å². The van der Waals surface area contributed by atoms with Crippen LogP contribution in [0.3, 0.4) is 0 Å². The Bertz CT molecular complexity index is 112. The number of aliphatic hydroxyl groups excluding tert-OH is 1. The molecular weight excluding hydrogens is 146 g/mol. The highest BCUT2D eigenvalue weighted by Crippen LogP contribution is 2.21. The van der Waals surface area contributed by atoms with E-state index in [0.29, 0.717) is 5.06 Å². The van der Waals surface area contributed by atoms with Crippen molar-refractivity contribution in [3.8, 4) is 0 Å². The van der Waals surface area contributed by atoms with Crippen LogP contribution in [0.5, 0.6) is 0 Å². The maximum atomic E-state index is 9.08. The molecule has 0 aliphatic heterocycles. The summed E-state index contributed by atoms with van der Waals surface area (Å²) >= 11 is 0. The molecule has 1 fully saturated rings. The first kappa shape index (κ1) is 8.93. The van der Waals surface area contributed by atoms with Crippen LogP contribution in [0.4, 0.5) is 0 Å². The van der Waals surface area contributed by atoms with Gasteiger partial charge in [-0.05, 0) is 12.8 Å². The molecular formula is C7H15NO3. The molecule has 1 aliphatic carbocycles. The molecule has 0 aromatic heterocycles. The van der Waals surface area contributed by atoms with Gasteiger partial charge in [0.1, 0.15) is 0 Å². The van der Waals surface area contributed by atoms with E-state index < -0.39 is 6.41 Å². The molecule has 0 bridgehead atoms. The fourth-order valence-electron chi connectivity index (χ4n) is 1.53. The van der Waals surface area contributed by atoms with Crippen LogP contribution in [-0.2, 0) is 0 Å². The normalized spacial score (nSPS) is 21.5. The Balaban J connectivity index is 2.32. The second kappa shape index (κ2) is 4.01. The van der Waals surface area contributed by atoms with Crippen LogP contribution in [0.15, 0.2) is 0 Å². The molecule has 3 N–H and O–H groups in total. The van der Waals surface area contributed by atoms with Crippen molar-refractivity contribution in [2.75, 3.05) is 0 Å². The van der Waals surface area contributed by atoms with Gasteiger partial charge in [0.25, 0.3) is 0 Å². The van der Waals surface area contributed by atoms with Gasteiger partial charge in [-0.3, -0.25) is 0 Å². The molecule has 66 valence electrons. The molecule has 0 heterocycles. The molecule has 0 spiro atoms. The molecule has 4 heteroatoms. The molecule has 0 saturated heterocycles. The molecule has 0 amide bonds. The van der Waals surface area contributed by atoms with Crippen molar-refractivity contribution < 1.29 is 15.4 Å². The van der Waals surface area contributed by atoms with Crippen molar-refractivity contribution in [1.82, 2.24) is 5.06 Å². The summed E-state index contributed by atoms with van der Waals surface area (Å²) in [6.45, 7) is 0. The highest BCUT2D eigenvalue weighted by atomic mass is 16.6. The summed E-state index contributed by atoms with van der Waals surface area (Å²) in [5.74, 6) is 0. The quantitative estimate of drug-likeness (QED) is 0.402. The van der Waals surface area contributed by atoms with Crippen LogP contribution in [-0.4, -0.2) is 32.9 Å². The lowest BCUT2D eigenvalue weighted by molar-refractivity contribution is -0.302. The lowest BCUT2D eigenvalue weighted by Crippen LogP contribution is -2.41. The third kappa shape index (κ3) is 2.41. The van der Waals surface area contributed by atoms with Crippen molar-refractivity contribution >= 4 is 0 Å². The molecule has 0 radical (unpaired) electrons. The molecule has 11 heavy (non-hydrogen) atoms. The largest absolute Gasteiger partial charge is 0.354 e. The summed E-state index contributed by atoms with van der Waals surface area (Å²) in [5, 5.41) is 26.9. The summed E-state index contributed by atoms with van der Waals surface area (Å²) < 4.78 is 0. The summed E-state index contributed by atoms with van der Waals surface area (Å²) in [6, 6.07) is -0.0660. The van der Waals surface area contributed by atoms with E-state index in [4.69, 9.17) is 15.4 Å². The van der Waals surface area contributed by atoms with Crippen LogP contribution in [0.1, 0.15) is 32.1 Å². The average molecular weight is 161 g/mol. The lowest BCUT2D eigenvalue weighted by atomic mass is 9.95. The minimum absolute atomic E-state index is 0.0660. The van der Waals surface area contributed by atoms with E-state index in [2.05, 4.69) is 0 Å². The fourth-order valence-corrected chi connectivity index (χ4v) is 1.53. The Kier molecular flexibility index (Phi) is 3.26. The maximum absolute atomic E-state index is 9.08. The zero-order valence-corrected chi connectivity index (χ0v) is 6.48. The number of hydrogen-bond donors (Lipinski definition) is 3. The molecule has 0 atom stereocenters. The molecule has 1 saturated carbocycles. The minimum Gasteiger partial charge on any atom is -0.354 e. The van der Waals surface area contributed by atoms with Crippen molar-refractivity contribution in [2.45, 2.75) is 44.6 Å². The predicted molar refractivity (Wildman–Crippen MR) is 38.7 cm³/mol. The van der Waals surface area contributed by atoms with E-state index in [1.165, 1.54) is 6.42 Å². The second-order valence-electron chi connectivity index (χ2n) is 3.02. The molecule has 0 unspecified atom stereocenters. The molecule has 1 aliphatic rings. The van der Waals surface area contributed by atoms with Gasteiger partial charge in [-0.2, -0.15) is 0 Å². The van der Waals surface area contributed by atoms with Gasteiger partial charge in [0.15, 0.2) is 0 Å². The van der Waals surface area contributed by atoms with Crippen molar-refractivity contribution in [3.63, 3.8) is 0 Å². The van der Waals surface area contributed by atoms with E-state index in [9.17, 15) is 0 Å². The zero-order chi connectivity index (χ0) is 8.27. The number of aliphatic hydroxyl groups is 2.